The van der Waals surface area contributed by atoms with Crippen LogP contribution in [0.25, 0.3) is 0 Å². The molecule has 2 amide bonds. The molecule has 5 rings (SSSR count). The van der Waals surface area contributed by atoms with E-state index in [1.165, 1.54) is 4.90 Å². The van der Waals surface area contributed by atoms with Crippen LogP contribution in [-0.4, -0.2) is 40.7 Å². The Hall–Kier alpha value is -2.88. The highest BCUT2D eigenvalue weighted by Crippen LogP contribution is 2.62. The van der Waals surface area contributed by atoms with Crippen LogP contribution < -0.4 is 4.74 Å². The Bertz CT molecular complexity index is 956. The zero-order chi connectivity index (χ0) is 20.5. The number of rotatable bonds is 3. The third-order valence-corrected chi connectivity index (χ3v) is 6.81. The lowest BCUT2D eigenvalue weighted by Crippen LogP contribution is -2.46. The van der Waals surface area contributed by atoms with Gasteiger partial charge >= 0.3 is 0 Å². The van der Waals surface area contributed by atoms with E-state index < -0.39 is 5.54 Å². The summed E-state index contributed by atoms with van der Waals surface area (Å²) in [5.74, 6) is 0.148. The van der Waals surface area contributed by atoms with Gasteiger partial charge in [-0.3, -0.25) is 14.5 Å². The monoisotopic (exact) mass is 393 g/mol. The standard InChI is InChI=1S/C22H23N3O4/c1-22(2,3)25-20(26)15-13-10-14(16(15)21(25)27)19-17(13)18(24-29-19)11-4-6-12(7-5-11)28-9-8-23/h4-7,13-17,19H,9-10H2,1-3H3. The first-order valence-corrected chi connectivity index (χ1v) is 10.0. The maximum atomic E-state index is 13.2. The SMILES string of the molecule is CC(C)(C)N1C(=O)C2C3CC(C4C(c5ccc(OCC#N)cc5)=NOC34)C2C1=O. The fraction of sp³-hybridized carbons (Fsp3) is 0.545. The summed E-state index contributed by atoms with van der Waals surface area (Å²) in [7, 11) is 0. The molecule has 1 aromatic rings. The fourth-order valence-corrected chi connectivity index (χ4v) is 5.86. The first-order valence-electron chi connectivity index (χ1n) is 10.0. The van der Waals surface area contributed by atoms with Crippen LogP contribution in [0.3, 0.4) is 0 Å². The Labute approximate surface area is 169 Å². The normalized spacial score (nSPS) is 34.6. The van der Waals surface area contributed by atoms with Gasteiger partial charge in [0.1, 0.15) is 17.9 Å². The molecule has 29 heavy (non-hydrogen) atoms. The van der Waals surface area contributed by atoms with Crippen LogP contribution >= 0.6 is 0 Å². The summed E-state index contributed by atoms with van der Waals surface area (Å²) in [6.07, 6.45) is 0.699. The van der Waals surface area contributed by atoms with E-state index in [1.807, 2.05) is 51.1 Å². The minimum Gasteiger partial charge on any atom is -0.479 e. The van der Waals surface area contributed by atoms with Crippen LogP contribution in [-0.2, 0) is 14.4 Å². The number of ether oxygens (including phenoxy) is 1. The minimum atomic E-state index is -0.510. The van der Waals surface area contributed by atoms with Crippen molar-refractivity contribution in [2.45, 2.75) is 38.8 Å². The Balaban J connectivity index is 1.42. The second-order valence-electron chi connectivity index (χ2n) is 9.34. The molecule has 3 fully saturated rings. The van der Waals surface area contributed by atoms with Gasteiger partial charge in [0.2, 0.25) is 11.8 Å². The van der Waals surface area contributed by atoms with Crippen molar-refractivity contribution < 1.29 is 19.2 Å². The van der Waals surface area contributed by atoms with Gasteiger partial charge in [-0.2, -0.15) is 5.26 Å². The highest BCUT2D eigenvalue weighted by Gasteiger charge is 2.71. The second kappa shape index (κ2) is 6.06. The Morgan fingerprint density at radius 2 is 1.79 bits per heavy atom. The third-order valence-electron chi connectivity index (χ3n) is 6.81. The Morgan fingerprint density at radius 1 is 1.14 bits per heavy atom. The van der Waals surface area contributed by atoms with Crippen molar-refractivity contribution in [1.82, 2.24) is 4.90 Å². The van der Waals surface area contributed by atoms with E-state index in [0.29, 0.717) is 5.75 Å². The predicted octanol–water partition coefficient (Wildman–Crippen LogP) is 2.36. The van der Waals surface area contributed by atoms with Crippen molar-refractivity contribution in [1.29, 1.82) is 5.26 Å². The van der Waals surface area contributed by atoms with Gasteiger partial charge in [-0.15, -0.1) is 0 Å². The van der Waals surface area contributed by atoms with Gasteiger partial charge < -0.3 is 9.57 Å². The van der Waals surface area contributed by atoms with Gasteiger partial charge in [0.05, 0.1) is 17.5 Å². The molecule has 0 spiro atoms. The minimum absolute atomic E-state index is 0.00133. The molecule has 0 radical (unpaired) electrons. The Morgan fingerprint density at radius 3 is 2.41 bits per heavy atom. The highest BCUT2D eigenvalue weighted by molar-refractivity contribution is 6.09. The van der Waals surface area contributed by atoms with Gasteiger partial charge in [0.15, 0.2) is 6.61 Å². The molecule has 1 saturated heterocycles. The van der Waals surface area contributed by atoms with Crippen LogP contribution in [0.4, 0.5) is 0 Å². The average Bonchev–Trinajstić information content (AvgIpc) is 3.39. The number of imide groups is 1. The van der Waals surface area contributed by atoms with Crippen molar-refractivity contribution in [2.75, 3.05) is 6.61 Å². The molecule has 2 saturated carbocycles. The first kappa shape index (κ1) is 18.2. The first-order chi connectivity index (χ1) is 13.8. The number of nitrogens with zero attached hydrogens (tertiary/aromatic N) is 3. The lowest BCUT2D eigenvalue weighted by Gasteiger charge is -2.31. The predicted molar refractivity (Wildman–Crippen MR) is 103 cm³/mol. The summed E-state index contributed by atoms with van der Waals surface area (Å²) in [5, 5.41) is 13.0. The summed E-state index contributed by atoms with van der Waals surface area (Å²) in [5.41, 5.74) is 1.27. The van der Waals surface area contributed by atoms with E-state index in [2.05, 4.69) is 5.16 Å². The molecule has 150 valence electrons. The molecule has 2 heterocycles. The molecule has 2 aliphatic heterocycles. The zero-order valence-corrected chi connectivity index (χ0v) is 16.7. The molecule has 7 nitrogen and oxygen atoms in total. The highest BCUT2D eigenvalue weighted by atomic mass is 16.6. The number of hydrogen-bond acceptors (Lipinski definition) is 6. The van der Waals surface area contributed by atoms with Crippen LogP contribution in [0.5, 0.6) is 5.75 Å². The van der Waals surface area contributed by atoms with Crippen molar-refractivity contribution in [2.24, 2.45) is 34.7 Å². The molecule has 6 unspecified atom stereocenters. The molecule has 1 aromatic carbocycles. The van der Waals surface area contributed by atoms with E-state index in [-0.39, 0.29) is 54.1 Å². The van der Waals surface area contributed by atoms with E-state index in [1.54, 1.807) is 0 Å². The average molecular weight is 393 g/mol. The quantitative estimate of drug-likeness (QED) is 0.735. The van der Waals surface area contributed by atoms with E-state index >= 15 is 0 Å². The lowest BCUT2D eigenvalue weighted by atomic mass is 9.71. The van der Waals surface area contributed by atoms with Gasteiger partial charge in [-0.05, 0) is 57.4 Å². The molecule has 0 N–H and O–H groups in total. The molecule has 4 aliphatic rings. The number of benzene rings is 1. The van der Waals surface area contributed by atoms with Crippen molar-refractivity contribution in [3.05, 3.63) is 29.8 Å². The molecule has 0 aromatic heterocycles. The number of hydrogen-bond donors (Lipinski definition) is 0. The summed E-state index contributed by atoms with van der Waals surface area (Å²) in [6, 6.07) is 9.38. The molecule has 7 heteroatoms. The maximum Gasteiger partial charge on any atom is 0.234 e. The number of carbonyl (C=O) groups is 2. The van der Waals surface area contributed by atoms with Crippen molar-refractivity contribution in [3.63, 3.8) is 0 Å². The number of oxime groups is 1. The summed E-state index contributed by atoms with van der Waals surface area (Å²) in [4.78, 5) is 33.6. The number of carbonyl (C=O) groups excluding carboxylic acids is 2. The summed E-state index contributed by atoms with van der Waals surface area (Å²) >= 11 is 0. The van der Waals surface area contributed by atoms with Crippen LogP contribution in [0.2, 0.25) is 0 Å². The number of nitriles is 1. The van der Waals surface area contributed by atoms with E-state index in [9.17, 15) is 9.59 Å². The zero-order valence-electron chi connectivity index (χ0n) is 16.7. The van der Waals surface area contributed by atoms with Crippen LogP contribution in [0, 0.1) is 40.9 Å². The number of likely N-dealkylation sites (tertiary alicyclic amines) is 1. The number of fused-ring (bicyclic) bond motifs is 8. The molecular formula is C22H23N3O4. The van der Waals surface area contributed by atoms with E-state index in [4.69, 9.17) is 14.8 Å². The molecule has 2 bridgehead atoms. The van der Waals surface area contributed by atoms with E-state index in [0.717, 1.165) is 17.7 Å². The van der Waals surface area contributed by atoms with Gasteiger partial charge in [0.25, 0.3) is 0 Å². The third kappa shape index (κ3) is 2.44. The molecular weight excluding hydrogens is 370 g/mol. The maximum absolute atomic E-state index is 13.2. The molecule has 6 atom stereocenters. The number of amides is 2. The second-order valence-corrected chi connectivity index (χ2v) is 9.34. The van der Waals surface area contributed by atoms with Gasteiger partial charge in [-0.25, -0.2) is 0 Å². The Kier molecular flexibility index (Phi) is 3.79. The van der Waals surface area contributed by atoms with Gasteiger partial charge in [0, 0.05) is 22.9 Å². The summed E-state index contributed by atoms with van der Waals surface area (Å²) < 4.78 is 5.32. The topological polar surface area (TPSA) is 92.0 Å². The lowest BCUT2D eigenvalue weighted by molar-refractivity contribution is -0.146. The smallest absolute Gasteiger partial charge is 0.234 e. The fourth-order valence-electron chi connectivity index (χ4n) is 5.86. The van der Waals surface area contributed by atoms with Gasteiger partial charge in [-0.1, -0.05) is 5.16 Å². The molecule has 2 aliphatic carbocycles. The van der Waals surface area contributed by atoms with Crippen LogP contribution in [0.1, 0.15) is 32.8 Å². The van der Waals surface area contributed by atoms with Crippen LogP contribution in [0.15, 0.2) is 29.4 Å². The van der Waals surface area contributed by atoms with Crippen molar-refractivity contribution in [3.8, 4) is 11.8 Å². The summed E-state index contributed by atoms with van der Waals surface area (Å²) in [6.45, 7) is 5.73. The largest absolute Gasteiger partial charge is 0.479 e. The van der Waals surface area contributed by atoms with Crippen molar-refractivity contribution >= 4 is 17.5 Å².